The van der Waals surface area contributed by atoms with E-state index >= 15 is 0 Å². The Morgan fingerprint density at radius 3 is 2.34 bits per heavy atom. The zero-order valence-corrected chi connectivity index (χ0v) is 17.1. The monoisotopic (exact) mass is 418 g/mol. The van der Waals surface area contributed by atoms with Gasteiger partial charge in [0, 0.05) is 11.4 Å². The smallest absolute Gasteiger partial charge is 0.316 e. The van der Waals surface area contributed by atoms with Crippen molar-refractivity contribution in [3.63, 3.8) is 0 Å². The largest absolute Gasteiger partial charge is 0.455 e. The molecule has 2 rings (SSSR count). The number of benzene rings is 2. The van der Waals surface area contributed by atoms with Gasteiger partial charge in [-0.15, -0.1) is 11.8 Å². The second kappa shape index (κ2) is 11.2. The molecule has 2 N–H and O–H groups in total. The summed E-state index contributed by atoms with van der Waals surface area (Å²) in [5, 5.41) is 5.33. The van der Waals surface area contributed by atoms with Crippen LogP contribution in [0.3, 0.4) is 0 Å². The van der Waals surface area contributed by atoms with Gasteiger partial charge in [0.25, 0.3) is 5.91 Å². The Morgan fingerprint density at radius 1 is 0.966 bits per heavy atom. The third-order valence-corrected chi connectivity index (χ3v) is 4.71. The lowest BCUT2D eigenvalue weighted by molar-refractivity contribution is -0.144. The number of esters is 1. The highest BCUT2D eigenvalue weighted by molar-refractivity contribution is 8.00. The second-order valence-corrected chi connectivity index (χ2v) is 7.48. The average molecular weight is 418 g/mol. The molecular formula is C21H23FN2O4S. The van der Waals surface area contributed by atoms with E-state index in [0.717, 1.165) is 17.3 Å². The summed E-state index contributed by atoms with van der Waals surface area (Å²) in [6.07, 6.45) is 0. The van der Waals surface area contributed by atoms with E-state index in [1.54, 1.807) is 6.07 Å². The molecule has 154 valence electrons. The molecule has 0 atom stereocenters. The van der Waals surface area contributed by atoms with Crippen LogP contribution in [-0.2, 0) is 19.1 Å². The van der Waals surface area contributed by atoms with Crippen LogP contribution in [0.4, 0.5) is 15.8 Å². The van der Waals surface area contributed by atoms with Gasteiger partial charge in [-0.3, -0.25) is 14.4 Å². The maximum atomic E-state index is 12.8. The van der Waals surface area contributed by atoms with Crippen molar-refractivity contribution in [1.29, 1.82) is 0 Å². The first-order valence-electron chi connectivity index (χ1n) is 9.02. The average Bonchev–Trinajstić information content (AvgIpc) is 2.68. The first-order valence-corrected chi connectivity index (χ1v) is 10.2. The summed E-state index contributed by atoms with van der Waals surface area (Å²) < 4.78 is 17.8. The van der Waals surface area contributed by atoms with Gasteiger partial charge in [-0.05, 0) is 41.8 Å². The molecule has 0 heterocycles. The van der Waals surface area contributed by atoms with Gasteiger partial charge in [0.2, 0.25) is 5.91 Å². The second-order valence-electron chi connectivity index (χ2n) is 6.50. The van der Waals surface area contributed by atoms with Crippen LogP contribution >= 0.6 is 11.8 Å². The topological polar surface area (TPSA) is 84.5 Å². The Labute approximate surface area is 173 Å². The Kier molecular flexibility index (Phi) is 8.67. The van der Waals surface area contributed by atoms with E-state index in [2.05, 4.69) is 10.6 Å². The fourth-order valence-electron chi connectivity index (χ4n) is 2.45. The summed E-state index contributed by atoms with van der Waals surface area (Å²) >= 11 is 1.06. The molecule has 2 aromatic carbocycles. The van der Waals surface area contributed by atoms with Crippen LogP contribution in [-0.4, -0.2) is 35.9 Å². The number of nitrogens with one attached hydrogen (secondary N) is 2. The molecule has 6 nitrogen and oxygen atoms in total. The summed E-state index contributed by atoms with van der Waals surface area (Å²) in [6, 6.07) is 12.8. The lowest BCUT2D eigenvalue weighted by Gasteiger charge is -2.13. The normalized spacial score (nSPS) is 10.5. The van der Waals surface area contributed by atoms with Crippen molar-refractivity contribution in [3.8, 4) is 0 Å². The molecule has 0 radical (unpaired) electrons. The summed E-state index contributed by atoms with van der Waals surface area (Å²) in [5.74, 6) is -1.52. The predicted molar refractivity (Wildman–Crippen MR) is 112 cm³/mol. The SMILES string of the molecule is CC(C)c1ccccc1NC(=O)COC(=O)CSCC(=O)Nc1ccc(F)cc1. The van der Waals surface area contributed by atoms with Crippen LogP contribution in [0, 0.1) is 5.82 Å². The zero-order chi connectivity index (χ0) is 21.2. The van der Waals surface area contributed by atoms with Gasteiger partial charge < -0.3 is 15.4 Å². The van der Waals surface area contributed by atoms with Crippen LogP contribution in [0.25, 0.3) is 0 Å². The molecule has 2 aromatic rings. The number of anilines is 2. The minimum absolute atomic E-state index is 0.0282. The van der Waals surface area contributed by atoms with Crippen molar-refractivity contribution >= 4 is 40.9 Å². The van der Waals surface area contributed by atoms with Crippen LogP contribution < -0.4 is 10.6 Å². The van der Waals surface area contributed by atoms with Crippen molar-refractivity contribution in [2.24, 2.45) is 0 Å². The third kappa shape index (κ3) is 7.95. The lowest BCUT2D eigenvalue weighted by atomic mass is 10.0. The number of halogens is 1. The number of hydrogen-bond donors (Lipinski definition) is 2. The number of carbonyl (C=O) groups excluding carboxylic acids is 3. The highest BCUT2D eigenvalue weighted by atomic mass is 32.2. The molecule has 29 heavy (non-hydrogen) atoms. The number of para-hydroxylation sites is 1. The van der Waals surface area contributed by atoms with E-state index in [1.165, 1.54) is 24.3 Å². The van der Waals surface area contributed by atoms with Crippen molar-refractivity contribution in [3.05, 3.63) is 59.9 Å². The van der Waals surface area contributed by atoms with Crippen LogP contribution in [0.5, 0.6) is 0 Å². The molecule has 0 aliphatic carbocycles. The number of ether oxygens (including phenoxy) is 1. The quantitative estimate of drug-likeness (QED) is 0.605. The molecule has 0 aromatic heterocycles. The highest BCUT2D eigenvalue weighted by Gasteiger charge is 2.12. The molecule has 0 unspecified atom stereocenters. The standard InChI is InChI=1S/C21H23FN2O4S/c1-14(2)17-5-3-4-6-18(17)24-19(25)11-28-21(27)13-29-12-20(26)23-16-9-7-15(22)8-10-16/h3-10,14H,11-13H2,1-2H3,(H,23,26)(H,24,25). The lowest BCUT2D eigenvalue weighted by Crippen LogP contribution is -2.23. The van der Waals surface area contributed by atoms with Gasteiger partial charge in [0.1, 0.15) is 5.82 Å². The van der Waals surface area contributed by atoms with Crippen LogP contribution in [0.15, 0.2) is 48.5 Å². The highest BCUT2D eigenvalue weighted by Crippen LogP contribution is 2.23. The van der Waals surface area contributed by atoms with E-state index in [9.17, 15) is 18.8 Å². The zero-order valence-electron chi connectivity index (χ0n) is 16.2. The minimum atomic E-state index is -0.586. The fraction of sp³-hybridized carbons (Fsp3) is 0.286. The molecule has 0 bridgehead atoms. The van der Waals surface area contributed by atoms with Crippen molar-refractivity contribution in [1.82, 2.24) is 0 Å². The minimum Gasteiger partial charge on any atom is -0.455 e. The molecule has 2 amide bonds. The molecule has 0 saturated carbocycles. The van der Waals surface area contributed by atoms with Gasteiger partial charge >= 0.3 is 5.97 Å². The maximum Gasteiger partial charge on any atom is 0.316 e. The first kappa shape index (κ1) is 22.4. The summed E-state index contributed by atoms with van der Waals surface area (Å²) in [5.41, 5.74) is 2.16. The fourth-order valence-corrected chi connectivity index (χ4v) is 3.06. The number of thioether (sulfide) groups is 1. The van der Waals surface area contributed by atoms with Crippen LogP contribution in [0.2, 0.25) is 0 Å². The van der Waals surface area contributed by atoms with E-state index in [0.29, 0.717) is 11.4 Å². The molecule has 0 aliphatic heterocycles. The van der Waals surface area contributed by atoms with E-state index in [-0.39, 0.29) is 23.3 Å². The molecule has 0 saturated heterocycles. The number of carbonyl (C=O) groups is 3. The van der Waals surface area contributed by atoms with Crippen molar-refractivity contribution < 1.29 is 23.5 Å². The maximum absolute atomic E-state index is 12.8. The van der Waals surface area contributed by atoms with Crippen LogP contribution in [0.1, 0.15) is 25.3 Å². The number of amides is 2. The molecule has 0 fully saturated rings. The Balaban J connectivity index is 1.67. The Bertz CT molecular complexity index is 856. The van der Waals surface area contributed by atoms with Gasteiger partial charge in [0.05, 0.1) is 11.5 Å². The van der Waals surface area contributed by atoms with Gasteiger partial charge in [-0.1, -0.05) is 32.0 Å². The van der Waals surface area contributed by atoms with Gasteiger partial charge in [-0.25, -0.2) is 4.39 Å². The number of rotatable bonds is 9. The van der Waals surface area contributed by atoms with E-state index < -0.39 is 24.3 Å². The summed E-state index contributed by atoms with van der Waals surface area (Å²) in [7, 11) is 0. The predicted octanol–water partition coefficient (Wildman–Crippen LogP) is 3.80. The van der Waals surface area contributed by atoms with Crippen molar-refractivity contribution in [2.45, 2.75) is 19.8 Å². The summed E-state index contributed by atoms with van der Waals surface area (Å²) in [6.45, 7) is 3.65. The molecule has 8 heteroatoms. The van der Waals surface area contributed by atoms with Gasteiger partial charge in [-0.2, -0.15) is 0 Å². The first-order chi connectivity index (χ1) is 13.8. The number of hydrogen-bond acceptors (Lipinski definition) is 5. The third-order valence-electron chi connectivity index (χ3n) is 3.80. The van der Waals surface area contributed by atoms with E-state index in [4.69, 9.17) is 4.74 Å². The molecule has 0 spiro atoms. The van der Waals surface area contributed by atoms with Gasteiger partial charge in [0.15, 0.2) is 6.61 Å². The molecule has 0 aliphatic rings. The van der Waals surface area contributed by atoms with E-state index in [1.807, 2.05) is 32.0 Å². The Hall–Kier alpha value is -2.87. The summed E-state index contributed by atoms with van der Waals surface area (Å²) in [4.78, 5) is 35.6. The Morgan fingerprint density at radius 2 is 1.66 bits per heavy atom. The van der Waals surface area contributed by atoms with Crippen molar-refractivity contribution in [2.75, 3.05) is 28.7 Å². The molecular weight excluding hydrogens is 395 g/mol.